The molecule has 0 heterocycles. The van der Waals surface area contributed by atoms with Crippen molar-refractivity contribution in [3.63, 3.8) is 0 Å². The van der Waals surface area contributed by atoms with Gasteiger partial charge in [-0.15, -0.1) is 12.4 Å². The Morgan fingerprint density at radius 2 is 1.96 bits per heavy atom. The second-order valence-corrected chi connectivity index (χ2v) is 7.11. The quantitative estimate of drug-likeness (QED) is 0.637. The molecule has 7 heteroatoms. The van der Waals surface area contributed by atoms with Crippen LogP contribution in [0.3, 0.4) is 0 Å². The Morgan fingerprint density at radius 3 is 2.54 bits per heavy atom. The molecule has 0 bridgehead atoms. The van der Waals surface area contributed by atoms with Crippen LogP contribution in [0.15, 0.2) is 24.3 Å². The van der Waals surface area contributed by atoms with Gasteiger partial charge in [-0.2, -0.15) is 0 Å². The summed E-state index contributed by atoms with van der Waals surface area (Å²) in [7, 11) is 0. The Kier molecular flexibility index (Phi) is 8.31. The number of unbranched alkanes of at least 4 members (excludes halogenated alkanes) is 1. The van der Waals surface area contributed by atoms with E-state index >= 15 is 0 Å². The lowest BCUT2D eigenvalue weighted by molar-refractivity contribution is -0.170. The lowest BCUT2D eigenvalue weighted by Gasteiger charge is -2.57. The number of carbonyl (C=O) groups is 1. The highest BCUT2D eigenvalue weighted by atomic mass is 35.5. The second-order valence-electron chi connectivity index (χ2n) is 7.11. The first kappa shape index (κ1) is 22.7. The van der Waals surface area contributed by atoms with Gasteiger partial charge >= 0.3 is 0 Å². The van der Waals surface area contributed by atoms with E-state index in [-0.39, 0.29) is 35.7 Å². The van der Waals surface area contributed by atoms with Crippen LogP contribution in [0, 0.1) is 11.2 Å². The molecule has 1 aliphatic rings. The smallest absolute Gasteiger partial charge is 0.240 e. The average molecular weight is 389 g/mol. The molecule has 0 spiro atoms. The van der Waals surface area contributed by atoms with Crippen molar-refractivity contribution in [3.8, 4) is 5.75 Å². The third-order valence-corrected chi connectivity index (χ3v) is 5.17. The van der Waals surface area contributed by atoms with Gasteiger partial charge in [0.1, 0.15) is 17.1 Å². The van der Waals surface area contributed by atoms with Crippen molar-refractivity contribution in [2.75, 3.05) is 19.8 Å². The standard InChI is InChI=1S/C19H29FN2O3.ClH/c1-4-24-16-13-19(21,18(16,2)3)17(23)22-11-5-6-12-25-15-9-7-14(20)8-10-15;/h7-10,16H,4-6,11-13,21H2,1-3H3,(H,22,23);1H. The van der Waals surface area contributed by atoms with Crippen LogP contribution in [0.5, 0.6) is 5.75 Å². The number of benzene rings is 1. The monoisotopic (exact) mass is 388 g/mol. The molecule has 1 fully saturated rings. The zero-order valence-electron chi connectivity index (χ0n) is 15.7. The van der Waals surface area contributed by atoms with Crippen LogP contribution in [0.2, 0.25) is 0 Å². The molecule has 1 aromatic rings. The zero-order valence-corrected chi connectivity index (χ0v) is 16.5. The fourth-order valence-corrected chi connectivity index (χ4v) is 3.13. The van der Waals surface area contributed by atoms with Gasteiger partial charge in [-0.3, -0.25) is 4.79 Å². The van der Waals surface area contributed by atoms with E-state index in [2.05, 4.69) is 5.32 Å². The van der Waals surface area contributed by atoms with Gasteiger partial charge in [0.25, 0.3) is 0 Å². The fraction of sp³-hybridized carbons (Fsp3) is 0.632. The van der Waals surface area contributed by atoms with Gasteiger partial charge in [0.15, 0.2) is 0 Å². The molecule has 1 amide bonds. The number of halogens is 2. The van der Waals surface area contributed by atoms with Gasteiger partial charge in [0.2, 0.25) is 5.91 Å². The first-order valence-electron chi connectivity index (χ1n) is 8.88. The highest BCUT2D eigenvalue weighted by Gasteiger charge is 2.62. The molecule has 1 aromatic carbocycles. The van der Waals surface area contributed by atoms with Gasteiger partial charge in [-0.1, -0.05) is 13.8 Å². The fourth-order valence-electron chi connectivity index (χ4n) is 3.13. The molecule has 0 radical (unpaired) electrons. The Hall–Kier alpha value is -1.37. The summed E-state index contributed by atoms with van der Waals surface area (Å²) in [6.45, 7) is 7.60. The molecule has 2 atom stereocenters. The van der Waals surface area contributed by atoms with Crippen molar-refractivity contribution in [2.24, 2.45) is 11.1 Å². The predicted octanol–water partition coefficient (Wildman–Crippen LogP) is 3.06. The topological polar surface area (TPSA) is 73.6 Å². The maximum Gasteiger partial charge on any atom is 0.240 e. The van der Waals surface area contributed by atoms with Crippen LogP contribution in [0.1, 0.15) is 40.0 Å². The molecule has 3 N–H and O–H groups in total. The molecule has 1 saturated carbocycles. The van der Waals surface area contributed by atoms with Crippen molar-refractivity contribution >= 4 is 18.3 Å². The lowest BCUT2D eigenvalue weighted by atomic mass is 9.54. The first-order valence-corrected chi connectivity index (χ1v) is 8.88. The minimum Gasteiger partial charge on any atom is -0.494 e. The van der Waals surface area contributed by atoms with Gasteiger partial charge in [0, 0.05) is 25.0 Å². The van der Waals surface area contributed by atoms with E-state index in [9.17, 15) is 9.18 Å². The minimum atomic E-state index is -0.878. The Balaban J connectivity index is 0.00000338. The number of carbonyl (C=O) groups excluding carboxylic acids is 1. The van der Waals surface area contributed by atoms with E-state index in [1.54, 1.807) is 12.1 Å². The normalized spacial score (nSPS) is 23.5. The maximum atomic E-state index is 12.8. The average Bonchev–Trinajstić information content (AvgIpc) is 2.58. The molecule has 1 aliphatic carbocycles. The molecule has 0 aliphatic heterocycles. The van der Waals surface area contributed by atoms with Crippen molar-refractivity contribution in [1.82, 2.24) is 5.32 Å². The second kappa shape index (κ2) is 9.53. The van der Waals surface area contributed by atoms with Crippen molar-refractivity contribution in [2.45, 2.75) is 51.7 Å². The zero-order chi connectivity index (χ0) is 18.5. The summed E-state index contributed by atoms with van der Waals surface area (Å²) in [6, 6.07) is 5.93. The first-order chi connectivity index (χ1) is 11.8. The summed E-state index contributed by atoms with van der Waals surface area (Å²) in [5.74, 6) is 0.244. The number of rotatable bonds is 9. The Bertz CT molecular complexity index is 583. The van der Waals surface area contributed by atoms with Crippen LogP contribution in [-0.2, 0) is 9.53 Å². The largest absolute Gasteiger partial charge is 0.494 e. The van der Waals surface area contributed by atoms with Crippen molar-refractivity contribution in [1.29, 1.82) is 0 Å². The summed E-state index contributed by atoms with van der Waals surface area (Å²) >= 11 is 0. The van der Waals surface area contributed by atoms with E-state index in [1.165, 1.54) is 12.1 Å². The van der Waals surface area contributed by atoms with Crippen LogP contribution in [0.25, 0.3) is 0 Å². The third-order valence-electron chi connectivity index (χ3n) is 5.17. The molecular weight excluding hydrogens is 359 g/mol. The molecular formula is C19H30ClFN2O3. The molecule has 0 saturated heterocycles. The number of hydrogen-bond acceptors (Lipinski definition) is 4. The summed E-state index contributed by atoms with van der Waals surface area (Å²) in [4.78, 5) is 12.4. The number of amides is 1. The number of ether oxygens (including phenoxy) is 2. The van der Waals surface area contributed by atoms with Crippen LogP contribution < -0.4 is 15.8 Å². The molecule has 2 rings (SSSR count). The molecule has 0 aromatic heterocycles. The Labute approximate surface area is 161 Å². The van der Waals surface area contributed by atoms with E-state index in [4.69, 9.17) is 15.2 Å². The van der Waals surface area contributed by atoms with Gasteiger partial charge in [-0.05, 0) is 44.0 Å². The number of nitrogens with two attached hydrogens (primary N) is 1. The van der Waals surface area contributed by atoms with Crippen LogP contribution in [0.4, 0.5) is 4.39 Å². The van der Waals surface area contributed by atoms with Crippen molar-refractivity contribution in [3.05, 3.63) is 30.1 Å². The van der Waals surface area contributed by atoms with E-state index in [1.807, 2.05) is 20.8 Å². The summed E-state index contributed by atoms with van der Waals surface area (Å²) in [5.41, 5.74) is 5.07. The van der Waals surface area contributed by atoms with Crippen LogP contribution in [-0.4, -0.2) is 37.3 Å². The molecule has 26 heavy (non-hydrogen) atoms. The SMILES string of the molecule is CCOC1CC(N)(C(=O)NCCCCOc2ccc(F)cc2)C1(C)C.Cl. The van der Waals surface area contributed by atoms with E-state index < -0.39 is 5.54 Å². The van der Waals surface area contributed by atoms with Gasteiger partial charge in [0.05, 0.1) is 12.7 Å². The number of nitrogens with one attached hydrogen (secondary N) is 1. The predicted molar refractivity (Wildman–Crippen MR) is 102 cm³/mol. The molecule has 5 nitrogen and oxygen atoms in total. The van der Waals surface area contributed by atoms with Gasteiger partial charge in [-0.25, -0.2) is 4.39 Å². The van der Waals surface area contributed by atoms with E-state index in [0.29, 0.717) is 31.9 Å². The minimum absolute atomic E-state index is 0. The Morgan fingerprint density at radius 1 is 1.31 bits per heavy atom. The summed E-state index contributed by atoms with van der Waals surface area (Å²) in [6.07, 6.45) is 2.16. The van der Waals surface area contributed by atoms with E-state index in [0.717, 1.165) is 12.8 Å². The van der Waals surface area contributed by atoms with Crippen LogP contribution >= 0.6 is 12.4 Å². The summed E-state index contributed by atoms with van der Waals surface area (Å²) in [5, 5.41) is 2.92. The summed E-state index contributed by atoms with van der Waals surface area (Å²) < 4.78 is 24.0. The highest BCUT2D eigenvalue weighted by molar-refractivity contribution is 5.88. The van der Waals surface area contributed by atoms with Gasteiger partial charge < -0.3 is 20.5 Å². The number of hydrogen-bond donors (Lipinski definition) is 2. The highest BCUT2D eigenvalue weighted by Crippen LogP contribution is 2.49. The van der Waals surface area contributed by atoms with Crippen molar-refractivity contribution < 1.29 is 18.7 Å². The third kappa shape index (κ3) is 4.87. The lowest BCUT2D eigenvalue weighted by Crippen LogP contribution is -2.75. The molecule has 148 valence electrons. The molecule has 2 unspecified atom stereocenters. The maximum absolute atomic E-state index is 12.8.